The number of H-pyrrole nitrogens is 1. The van der Waals surface area contributed by atoms with Crippen LogP contribution >= 0.6 is 0 Å². The lowest BCUT2D eigenvalue weighted by Gasteiger charge is -2.20. The Labute approximate surface area is 152 Å². The number of nitrogens with one attached hydrogen (secondary N) is 1. The topological polar surface area (TPSA) is 62.3 Å². The summed E-state index contributed by atoms with van der Waals surface area (Å²) in [5.74, 6) is -0.195. The van der Waals surface area contributed by atoms with Crippen molar-refractivity contribution in [2.24, 2.45) is 0 Å². The second-order valence-electron chi connectivity index (χ2n) is 7.65. The third-order valence-corrected chi connectivity index (χ3v) is 4.89. The minimum Gasteiger partial charge on any atom is -0.488 e. The van der Waals surface area contributed by atoms with Gasteiger partial charge in [0.2, 0.25) is 0 Å². The van der Waals surface area contributed by atoms with Gasteiger partial charge in [-0.25, -0.2) is 4.79 Å². The number of hydrogen-bond donors (Lipinski definition) is 2. The number of benzene rings is 2. The fraction of sp³-hybridized carbons (Fsp3) is 0.227. The van der Waals surface area contributed by atoms with Crippen molar-refractivity contribution in [1.82, 2.24) is 4.98 Å². The molecule has 0 radical (unpaired) electrons. The van der Waals surface area contributed by atoms with E-state index in [1.165, 1.54) is 5.56 Å². The summed E-state index contributed by atoms with van der Waals surface area (Å²) >= 11 is 0. The number of aromatic carboxylic acids is 1. The molecule has 4 rings (SSSR count). The Morgan fingerprint density at radius 2 is 1.77 bits per heavy atom. The molecule has 0 unspecified atom stereocenters. The summed E-state index contributed by atoms with van der Waals surface area (Å²) in [6.07, 6.45) is 0. The number of carboxylic acid groups (broad SMARTS) is 1. The van der Waals surface area contributed by atoms with Gasteiger partial charge in [-0.3, -0.25) is 0 Å². The molecule has 2 N–H and O–H groups in total. The van der Waals surface area contributed by atoms with E-state index in [0.717, 1.165) is 28.1 Å². The van der Waals surface area contributed by atoms with E-state index < -0.39 is 5.97 Å². The van der Waals surface area contributed by atoms with Crippen molar-refractivity contribution < 1.29 is 14.6 Å². The normalized spacial score (nSPS) is 12.9. The molecule has 4 heteroatoms. The van der Waals surface area contributed by atoms with Crippen LogP contribution in [0.5, 0.6) is 5.75 Å². The number of fused-ring (bicyclic) bond motifs is 3. The van der Waals surface area contributed by atoms with Gasteiger partial charge in [0.1, 0.15) is 18.1 Å². The highest BCUT2D eigenvalue weighted by Crippen LogP contribution is 2.43. The van der Waals surface area contributed by atoms with Gasteiger partial charge in [-0.1, -0.05) is 57.2 Å². The molecule has 132 valence electrons. The molecule has 1 aliphatic rings. The van der Waals surface area contributed by atoms with Crippen LogP contribution in [-0.2, 0) is 12.0 Å². The van der Waals surface area contributed by atoms with E-state index in [1.54, 1.807) is 0 Å². The molecule has 1 aromatic heterocycles. The lowest BCUT2D eigenvalue weighted by Crippen LogP contribution is -2.10. The zero-order chi connectivity index (χ0) is 18.5. The summed E-state index contributed by atoms with van der Waals surface area (Å²) < 4.78 is 5.87. The highest BCUT2D eigenvalue weighted by Gasteiger charge is 2.28. The van der Waals surface area contributed by atoms with Crippen LogP contribution in [0, 0.1) is 0 Å². The van der Waals surface area contributed by atoms with Crippen molar-refractivity contribution in [3.05, 3.63) is 65.4 Å². The number of hydrogen-bond acceptors (Lipinski definition) is 2. The third-order valence-electron chi connectivity index (χ3n) is 4.89. The number of aromatic amines is 1. The van der Waals surface area contributed by atoms with E-state index in [2.05, 4.69) is 37.9 Å². The van der Waals surface area contributed by atoms with Crippen LogP contribution in [0.1, 0.15) is 42.4 Å². The minimum absolute atomic E-state index is 0.0494. The van der Waals surface area contributed by atoms with Crippen LogP contribution in [-0.4, -0.2) is 16.1 Å². The Bertz CT molecular complexity index is 991. The number of ether oxygens (including phenoxy) is 1. The first-order chi connectivity index (χ1) is 12.4. The fourth-order valence-corrected chi connectivity index (χ4v) is 3.48. The van der Waals surface area contributed by atoms with Crippen molar-refractivity contribution in [1.29, 1.82) is 0 Å². The molecule has 0 saturated carbocycles. The SMILES string of the molecule is CC(C)(C)c1ccc(-c2c(C(=O)O)[nH]c3c2COc2ccccc2-3)cc1. The van der Waals surface area contributed by atoms with Gasteiger partial charge >= 0.3 is 5.97 Å². The van der Waals surface area contributed by atoms with E-state index in [-0.39, 0.29) is 11.1 Å². The molecule has 0 bridgehead atoms. The van der Waals surface area contributed by atoms with Crippen molar-refractivity contribution in [2.75, 3.05) is 0 Å². The third kappa shape index (κ3) is 2.58. The number of para-hydroxylation sites is 1. The zero-order valence-electron chi connectivity index (χ0n) is 15.1. The van der Waals surface area contributed by atoms with Crippen LogP contribution in [0.4, 0.5) is 0 Å². The highest BCUT2D eigenvalue weighted by atomic mass is 16.5. The van der Waals surface area contributed by atoms with Gasteiger partial charge in [-0.15, -0.1) is 0 Å². The number of carbonyl (C=O) groups is 1. The molecular weight excluding hydrogens is 326 g/mol. The number of rotatable bonds is 2. The summed E-state index contributed by atoms with van der Waals surface area (Å²) in [6, 6.07) is 15.8. The highest BCUT2D eigenvalue weighted by molar-refractivity contribution is 5.99. The van der Waals surface area contributed by atoms with Crippen LogP contribution < -0.4 is 4.74 Å². The van der Waals surface area contributed by atoms with Gasteiger partial charge in [-0.2, -0.15) is 0 Å². The van der Waals surface area contributed by atoms with E-state index in [9.17, 15) is 9.90 Å². The summed E-state index contributed by atoms with van der Waals surface area (Å²) in [7, 11) is 0. The van der Waals surface area contributed by atoms with Gasteiger partial charge in [0.25, 0.3) is 0 Å². The fourth-order valence-electron chi connectivity index (χ4n) is 3.48. The maximum Gasteiger partial charge on any atom is 0.352 e. The molecule has 2 aromatic carbocycles. The first-order valence-electron chi connectivity index (χ1n) is 8.67. The van der Waals surface area contributed by atoms with Crippen LogP contribution in [0.25, 0.3) is 22.4 Å². The van der Waals surface area contributed by atoms with Gasteiger partial charge in [-0.05, 0) is 28.7 Å². The minimum atomic E-state index is -0.966. The molecule has 0 atom stereocenters. The summed E-state index contributed by atoms with van der Waals surface area (Å²) in [6.45, 7) is 6.83. The van der Waals surface area contributed by atoms with Crippen LogP contribution in [0.2, 0.25) is 0 Å². The van der Waals surface area contributed by atoms with Crippen molar-refractivity contribution in [3.8, 4) is 28.1 Å². The molecule has 0 spiro atoms. The predicted octanol–water partition coefficient (Wildman–Crippen LogP) is 5.24. The average Bonchev–Trinajstić information content (AvgIpc) is 3.01. The van der Waals surface area contributed by atoms with Gasteiger partial charge in [0, 0.05) is 16.7 Å². The largest absolute Gasteiger partial charge is 0.488 e. The van der Waals surface area contributed by atoms with E-state index in [1.807, 2.05) is 36.4 Å². The molecule has 1 aliphatic heterocycles. The second kappa shape index (κ2) is 5.77. The smallest absolute Gasteiger partial charge is 0.352 e. The molecule has 0 aliphatic carbocycles. The maximum absolute atomic E-state index is 11.9. The van der Waals surface area contributed by atoms with Crippen LogP contribution in [0.3, 0.4) is 0 Å². The lowest BCUT2D eigenvalue weighted by molar-refractivity contribution is 0.0692. The summed E-state index contributed by atoms with van der Waals surface area (Å²) in [4.78, 5) is 15.0. The maximum atomic E-state index is 11.9. The monoisotopic (exact) mass is 347 g/mol. The van der Waals surface area contributed by atoms with E-state index in [0.29, 0.717) is 12.2 Å². The van der Waals surface area contributed by atoms with Gasteiger partial charge in [0.15, 0.2) is 0 Å². The van der Waals surface area contributed by atoms with Gasteiger partial charge in [0.05, 0.1) is 5.69 Å². The zero-order valence-corrected chi connectivity index (χ0v) is 15.1. The predicted molar refractivity (Wildman–Crippen MR) is 102 cm³/mol. The number of carboxylic acids is 1. The Morgan fingerprint density at radius 3 is 2.42 bits per heavy atom. The molecule has 0 fully saturated rings. The molecular formula is C22H21NO3. The number of aromatic nitrogens is 1. The van der Waals surface area contributed by atoms with Crippen LogP contribution in [0.15, 0.2) is 48.5 Å². The lowest BCUT2D eigenvalue weighted by atomic mass is 9.86. The molecule has 4 nitrogen and oxygen atoms in total. The molecule has 0 amide bonds. The van der Waals surface area contributed by atoms with Crippen molar-refractivity contribution in [2.45, 2.75) is 32.8 Å². The Morgan fingerprint density at radius 1 is 1.08 bits per heavy atom. The Balaban J connectivity index is 1.90. The summed E-state index contributed by atoms with van der Waals surface area (Å²) in [5, 5.41) is 9.74. The summed E-state index contributed by atoms with van der Waals surface area (Å²) in [5.41, 5.74) is 5.69. The second-order valence-corrected chi connectivity index (χ2v) is 7.65. The van der Waals surface area contributed by atoms with E-state index in [4.69, 9.17) is 4.74 Å². The van der Waals surface area contributed by atoms with Gasteiger partial charge < -0.3 is 14.8 Å². The Hall–Kier alpha value is -3.01. The molecule has 26 heavy (non-hydrogen) atoms. The first-order valence-corrected chi connectivity index (χ1v) is 8.67. The molecule has 3 aromatic rings. The van der Waals surface area contributed by atoms with Crippen molar-refractivity contribution in [3.63, 3.8) is 0 Å². The first kappa shape index (κ1) is 16.5. The quantitative estimate of drug-likeness (QED) is 0.666. The van der Waals surface area contributed by atoms with Crippen molar-refractivity contribution >= 4 is 5.97 Å². The molecule has 2 heterocycles. The molecule has 0 saturated heterocycles. The Kier molecular flexibility index (Phi) is 3.65. The van der Waals surface area contributed by atoms with E-state index >= 15 is 0 Å². The standard InChI is InChI=1S/C22H21NO3/c1-22(2,3)14-10-8-13(9-11-14)18-16-12-26-17-7-5-4-6-15(17)19(16)23-20(18)21(24)25/h4-11,23H,12H2,1-3H3,(H,24,25). The average molecular weight is 347 g/mol.